The Morgan fingerprint density at radius 3 is 2.62 bits per heavy atom. The lowest BCUT2D eigenvalue weighted by molar-refractivity contribution is -0.142. The molecule has 2 heterocycles. The van der Waals surface area contributed by atoms with Gasteiger partial charge >= 0.3 is 0 Å². The maximum Gasteiger partial charge on any atom is 0.231 e. The van der Waals surface area contributed by atoms with Crippen molar-refractivity contribution < 1.29 is 13.9 Å². The number of amides is 1. The van der Waals surface area contributed by atoms with Crippen molar-refractivity contribution in [3.05, 3.63) is 65.7 Å². The van der Waals surface area contributed by atoms with Crippen molar-refractivity contribution in [1.82, 2.24) is 9.88 Å². The first-order chi connectivity index (χ1) is 11.6. The molecule has 1 unspecified atom stereocenters. The van der Waals surface area contributed by atoms with Crippen LogP contribution < -0.4 is 0 Å². The molecule has 0 bridgehead atoms. The fourth-order valence-electron chi connectivity index (χ4n) is 3.37. The Kier molecular flexibility index (Phi) is 4.62. The first kappa shape index (κ1) is 16.6. The van der Waals surface area contributed by atoms with Gasteiger partial charge in [-0.2, -0.15) is 0 Å². The Hall–Kier alpha value is -2.27. The lowest BCUT2D eigenvalue weighted by atomic mass is 9.74. The van der Waals surface area contributed by atoms with Gasteiger partial charge in [-0.25, -0.2) is 4.39 Å². The maximum absolute atomic E-state index is 13.9. The number of carbonyl (C=O) groups excluding carboxylic acids is 1. The molecule has 0 spiro atoms. The minimum atomic E-state index is -0.595. The second-order valence-corrected chi connectivity index (χ2v) is 6.37. The van der Waals surface area contributed by atoms with Gasteiger partial charge < -0.3 is 9.64 Å². The molecular weight excluding hydrogens is 307 g/mol. The van der Waals surface area contributed by atoms with E-state index in [2.05, 4.69) is 17.1 Å². The number of methoxy groups -OCH3 is 1. The number of ether oxygens (including phenoxy) is 1. The largest absolute Gasteiger partial charge is 0.384 e. The van der Waals surface area contributed by atoms with Crippen LogP contribution in [0.3, 0.4) is 0 Å². The Morgan fingerprint density at radius 2 is 2.00 bits per heavy atom. The molecule has 0 saturated carbocycles. The number of halogens is 1. The summed E-state index contributed by atoms with van der Waals surface area (Å²) in [7, 11) is 1.67. The summed E-state index contributed by atoms with van der Waals surface area (Å²) in [5, 5.41) is 0. The van der Waals surface area contributed by atoms with Crippen molar-refractivity contribution >= 4 is 5.91 Å². The van der Waals surface area contributed by atoms with E-state index in [-0.39, 0.29) is 17.0 Å². The number of pyridine rings is 1. The molecular formula is C19H21FN2O2. The molecule has 126 valence electrons. The first-order valence-electron chi connectivity index (χ1n) is 8.01. The van der Waals surface area contributed by atoms with Crippen LogP contribution in [0, 0.1) is 5.82 Å². The van der Waals surface area contributed by atoms with Crippen molar-refractivity contribution in [2.24, 2.45) is 0 Å². The van der Waals surface area contributed by atoms with E-state index < -0.39 is 11.7 Å². The molecule has 1 saturated heterocycles. The van der Waals surface area contributed by atoms with Gasteiger partial charge in [0.2, 0.25) is 5.91 Å². The van der Waals surface area contributed by atoms with E-state index >= 15 is 0 Å². The molecule has 1 aliphatic rings. The van der Waals surface area contributed by atoms with Gasteiger partial charge in [0.15, 0.2) is 0 Å². The maximum atomic E-state index is 13.9. The highest BCUT2D eigenvalue weighted by atomic mass is 19.1. The summed E-state index contributed by atoms with van der Waals surface area (Å²) in [6, 6.07) is 12.9. The Labute approximate surface area is 141 Å². The van der Waals surface area contributed by atoms with Crippen LogP contribution in [0.15, 0.2) is 48.7 Å². The molecule has 1 aliphatic heterocycles. The Morgan fingerprint density at radius 1 is 1.29 bits per heavy atom. The number of aromatic nitrogens is 1. The van der Waals surface area contributed by atoms with Crippen LogP contribution in [-0.4, -0.2) is 42.6 Å². The number of carbonyl (C=O) groups is 1. The third-order valence-corrected chi connectivity index (χ3v) is 4.67. The number of nitrogens with zero attached hydrogens (tertiary/aromatic N) is 2. The van der Waals surface area contributed by atoms with Crippen LogP contribution >= 0.6 is 0 Å². The minimum Gasteiger partial charge on any atom is -0.384 e. The molecule has 0 N–H and O–H groups in total. The van der Waals surface area contributed by atoms with Gasteiger partial charge in [0.25, 0.3) is 0 Å². The van der Waals surface area contributed by atoms with E-state index in [1.807, 2.05) is 18.2 Å². The lowest BCUT2D eigenvalue weighted by Crippen LogP contribution is -2.63. The predicted molar refractivity (Wildman–Crippen MR) is 89.2 cm³/mol. The quantitative estimate of drug-likeness (QED) is 0.847. The zero-order chi connectivity index (χ0) is 17.2. The van der Waals surface area contributed by atoms with Gasteiger partial charge in [0, 0.05) is 26.4 Å². The van der Waals surface area contributed by atoms with Crippen LogP contribution in [0.25, 0.3) is 0 Å². The van der Waals surface area contributed by atoms with Crippen molar-refractivity contribution in [2.45, 2.75) is 18.3 Å². The number of likely N-dealkylation sites (tertiary alicyclic amines) is 1. The van der Waals surface area contributed by atoms with Gasteiger partial charge in [-0.15, -0.1) is 0 Å². The molecule has 1 aromatic heterocycles. The predicted octanol–water partition coefficient (Wildman–Crippen LogP) is 2.75. The molecule has 24 heavy (non-hydrogen) atoms. The molecule has 0 radical (unpaired) electrons. The summed E-state index contributed by atoms with van der Waals surface area (Å²) >= 11 is 0. The fourth-order valence-corrected chi connectivity index (χ4v) is 3.37. The molecule has 3 rings (SSSR count). The van der Waals surface area contributed by atoms with Crippen molar-refractivity contribution in [3.63, 3.8) is 0 Å². The van der Waals surface area contributed by atoms with Crippen molar-refractivity contribution in [1.29, 1.82) is 0 Å². The monoisotopic (exact) mass is 328 g/mol. The van der Waals surface area contributed by atoms with Crippen LogP contribution in [0.4, 0.5) is 4.39 Å². The van der Waals surface area contributed by atoms with E-state index in [9.17, 15) is 9.18 Å². The normalized spacial score (nSPS) is 17.2. The van der Waals surface area contributed by atoms with Crippen molar-refractivity contribution in [3.8, 4) is 0 Å². The standard InChI is InChI=1S/C19H21FN2O2/c1-14(17-16(20)9-6-10-21-17)18(23)22-11-19(12-22,13-24-2)15-7-4-3-5-8-15/h3-10,14H,11-13H2,1-2H3. The van der Waals surface area contributed by atoms with Crippen LogP contribution in [0.5, 0.6) is 0 Å². The second-order valence-electron chi connectivity index (χ2n) is 6.37. The van der Waals surface area contributed by atoms with Gasteiger partial charge in [-0.1, -0.05) is 30.3 Å². The highest BCUT2D eigenvalue weighted by Crippen LogP contribution is 2.36. The molecule has 2 aromatic rings. The van der Waals surface area contributed by atoms with Gasteiger partial charge in [0.1, 0.15) is 5.82 Å². The first-order valence-corrected chi connectivity index (χ1v) is 8.01. The average Bonchev–Trinajstić information content (AvgIpc) is 2.58. The van der Waals surface area contributed by atoms with Gasteiger partial charge in [-0.3, -0.25) is 9.78 Å². The van der Waals surface area contributed by atoms with E-state index in [1.54, 1.807) is 18.9 Å². The minimum absolute atomic E-state index is 0.102. The highest BCUT2D eigenvalue weighted by Gasteiger charge is 2.47. The third-order valence-electron chi connectivity index (χ3n) is 4.67. The number of hydrogen-bond acceptors (Lipinski definition) is 3. The molecule has 1 fully saturated rings. The summed E-state index contributed by atoms with van der Waals surface area (Å²) in [5.74, 6) is -1.14. The van der Waals surface area contributed by atoms with Crippen LogP contribution in [-0.2, 0) is 14.9 Å². The second kappa shape index (κ2) is 6.69. The van der Waals surface area contributed by atoms with Crippen molar-refractivity contribution in [2.75, 3.05) is 26.8 Å². The zero-order valence-corrected chi connectivity index (χ0v) is 13.9. The van der Waals surface area contributed by atoms with Gasteiger partial charge in [0.05, 0.1) is 23.6 Å². The van der Waals surface area contributed by atoms with Crippen LogP contribution in [0.1, 0.15) is 24.1 Å². The van der Waals surface area contributed by atoms with Crippen LogP contribution in [0.2, 0.25) is 0 Å². The highest BCUT2D eigenvalue weighted by molar-refractivity contribution is 5.84. The summed E-state index contributed by atoms with van der Waals surface area (Å²) in [4.78, 5) is 18.5. The molecule has 0 aliphatic carbocycles. The summed E-state index contributed by atoms with van der Waals surface area (Å²) < 4.78 is 19.3. The van der Waals surface area contributed by atoms with E-state index in [0.29, 0.717) is 19.7 Å². The molecule has 5 heteroatoms. The SMILES string of the molecule is COCC1(c2ccccc2)CN(C(=O)C(C)c2ncccc2F)C1. The smallest absolute Gasteiger partial charge is 0.231 e. The summed E-state index contributed by atoms with van der Waals surface area (Å²) in [5.41, 5.74) is 1.17. The molecule has 4 nitrogen and oxygen atoms in total. The molecule has 1 amide bonds. The lowest BCUT2D eigenvalue weighted by Gasteiger charge is -2.50. The topological polar surface area (TPSA) is 42.4 Å². The number of rotatable bonds is 5. The fraction of sp³-hybridized carbons (Fsp3) is 0.368. The van der Waals surface area contributed by atoms with E-state index in [4.69, 9.17) is 4.74 Å². The zero-order valence-electron chi connectivity index (χ0n) is 13.9. The van der Waals surface area contributed by atoms with Gasteiger partial charge in [-0.05, 0) is 24.6 Å². The Bertz CT molecular complexity index is 714. The molecule has 1 atom stereocenters. The summed E-state index contributed by atoms with van der Waals surface area (Å²) in [6.45, 7) is 3.39. The summed E-state index contributed by atoms with van der Waals surface area (Å²) in [6.07, 6.45) is 1.51. The third kappa shape index (κ3) is 2.91. The number of hydrogen-bond donors (Lipinski definition) is 0. The Balaban J connectivity index is 1.74. The van der Waals surface area contributed by atoms with E-state index in [1.165, 1.54) is 18.3 Å². The average molecular weight is 328 g/mol. The van der Waals surface area contributed by atoms with E-state index in [0.717, 1.165) is 5.56 Å². The molecule has 1 aromatic carbocycles. The number of benzene rings is 1.